The van der Waals surface area contributed by atoms with Gasteiger partial charge in [0.15, 0.2) is 0 Å². The maximum Gasteiger partial charge on any atom is 0.272 e. The first-order valence-corrected chi connectivity index (χ1v) is 7.35. The molecule has 0 aliphatic carbocycles. The second kappa shape index (κ2) is 6.24. The quantitative estimate of drug-likeness (QED) is 0.852. The largest absolute Gasteiger partial charge is 0.370 e. The van der Waals surface area contributed by atoms with Gasteiger partial charge < -0.3 is 14.6 Å². The fourth-order valence-electron chi connectivity index (χ4n) is 2.35. The lowest BCUT2D eigenvalue weighted by atomic mass is 10.1. The van der Waals surface area contributed by atoms with E-state index in [0.717, 1.165) is 0 Å². The SMILES string of the molecule is O=C(c1cnc[nH]1)N1CCOC(c2cc(F)c(Cl)cc2Cl)C1. The lowest BCUT2D eigenvalue weighted by molar-refractivity contribution is -0.0230. The number of nitrogens with zero attached hydrogens (tertiary/aromatic N) is 2. The number of imidazole rings is 1. The van der Waals surface area contributed by atoms with Gasteiger partial charge in [0.2, 0.25) is 0 Å². The number of carbonyl (C=O) groups excluding carboxylic acids is 1. The molecule has 8 heteroatoms. The van der Waals surface area contributed by atoms with E-state index in [1.54, 1.807) is 4.90 Å². The van der Waals surface area contributed by atoms with Crippen LogP contribution in [0.2, 0.25) is 10.0 Å². The van der Waals surface area contributed by atoms with Gasteiger partial charge in [-0.15, -0.1) is 0 Å². The standard InChI is InChI=1S/C14H12Cl2FN3O2/c15-9-4-10(16)11(17)3-8(9)13-6-20(1-2-22-13)14(21)12-5-18-7-19-12/h3-5,7,13H,1-2,6H2,(H,18,19). The average molecular weight is 344 g/mol. The first-order chi connectivity index (χ1) is 10.6. The van der Waals surface area contributed by atoms with Crippen LogP contribution < -0.4 is 0 Å². The fraction of sp³-hybridized carbons (Fsp3) is 0.286. The van der Waals surface area contributed by atoms with E-state index in [9.17, 15) is 9.18 Å². The Morgan fingerprint density at radius 2 is 2.23 bits per heavy atom. The van der Waals surface area contributed by atoms with Crippen molar-refractivity contribution in [2.45, 2.75) is 6.10 Å². The van der Waals surface area contributed by atoms with Crippen LogP contribution in [-0.2, 0) is 4.74 Å². The molecule has 0 saturated carbocycles. The first-order valence-electron chi connectivity index (χ1n) is 6.60. The number of hydrogen-bond acceptors (Lipinski definition) is 3. The third kappa shape index (κ3) is 2.95. The highest BCUT2D eigenvalue weighted by Gasteiger charge is 2.28. The molecule has 116 valence electrons. The summed E-state index contributed by atoms with van der Waals surface area (Å²) in [5.41, 5.74) is 0.875. The van der Waals surface area contributed by atoms with Crippen LogP contribution in [0.25, 0.3) is 0 Å². The summed E-state index contributed by atoms with van der Waals surface area (Å²) in [6.45, 7) is 1.06. The zero-order valence-electron chi connectivity index (χ0n) is 11.4. The molecule has 2 aromatic rings. The molecule has 0 bridgehead atoms. The van der Waals surface area contributed by atoms with E-state index in [1.807, 2.05) is 0 Å². The second-order valence-corrected chi connectivity index (χ2v) is 5.68. The molecule has 5 nitrogen and oxygen atoms in total. The zero-order chi connectivity index (χ0) is 15.7. The molecule has 1 aliphatic heterocycles. The summed E-state index contributed by atoms with van der Waals surface area (Å²) in [5.74, 6) is -0.752. The van der Waals surface area contributed by atoms with E-state index in [4.69, 9.17) is 27.9 Å². The van der Waals surface area contributed by atoms with Gasteiger partial charge in [-0.05, 0) is 12.1 Å². The van der Waals surface area contributed by atoms with E-state index in [2.05, 4.69) is 9.97 Å². The van der Waals surface area contributed by atoms with Crippen molar-refractivity contribution in [3.8, 4) is 0 Å². The molecule has 1 fully saturated rings. The third-order valence-corrected chi connectivity index (χ3v) is 4.09. The number of amides is 1. The van der Waals surface area contributed by atoms with Crippen molar-refractivity contribution in [3.63, 3.8) is 0 Å². The minimum absolute atomic E-state index is 0.0463. The van der Waals surface area contributed by atoms with Crippen LogP contribution in [0.3, 0.4) is 0 Å². The molecule has 1 aromatic carbocycles. The summed E-state index contributed by atoms with van der Waals surface area (Å²) in [5, 5.41) is 0.266. The van der Waals surface area contributed by atoms with Crippen molar-refractivity contribution in [2.24, 2.45) is 0 Å². The van der Waals surface area contributed by atoms with Crippen LogP contribution in [0.5, 0.6) is 0 Å². The molecule has 3 rings (SSSR count). The number of morpholine rings is 1. The highest BCUT2D eigenvalue weighted by Crippen LogP contribution is 2.32. The van der Waals surface area contributed by atoms with Crippen molar-refractivity contribution < 1.29 is 13.9 Å². The number of H-pyrrole nitrogens is 1. The molecule has 0 radical (unpaired) electrons. The Balaban J connectivity index is 1.81. The number of halogens is 3. The van der Waals surface area contributed by atoms with Crippen LogP contribution in [-0.4, -0.2) is 40.5 Å². The number of hydrogen-bond donors (Lipinski definition) is 1. The second-order valence-electron chi connectivity index (χ2n) is 4.86. The summed E-state index contributed by atoms with van der Waals surface area (Å²) >= 11 is 11.8. The van der Waals surface area contributed by atoms with E-state index >= 15 is 0 Å². The Labute approximate surface area is 136 Å². The van der Waals surface area contributed by atoms with Gasteiger partial charge in [0, 0.05) is 17.1 Å². The molecule has 1 atom stereocenters. The Morgan fingerprint density at radius 1 is 1.41 bits per heavy atom. The molecule has 1 aliphatic rings. The number of carbonyl (C=O) groups is 1. The van der Waals surface area contributed by atoms with Crippen molar-refractivity contribution in [3.05, 3.63) is 51.8 Å². The number of nitrogens with one attached hydrogen (secondary N) is 1. The number of benzene rings is 1. The molecule has 1 aromatic heterocycles. The summed E-state index contributed by atoms with van der Waals surface area (Å²) in [6, 6.07) is 2.59. The number of aromatic nitrogens is 2. The van der Waals surface area contributed by atoms with E-state index < -0.39 is 11.9 Å². The smallest absolute Gasteiger partial charge is 0.272 e. The molecular formula is C14H12Cl2FN3O2. The molecule has 1 unspecified atom stereocenters. The van der Waals surface area contributed by atoms with Crippen LogP contribution in [0.4, 0.5) is 4.39 Å². The predicted molar refractivity (Wildman–Crippen MR) is 79.6 cm³/mol. The highest BCUT2D eigenvalue weighted by molar-refractivity contribution is 6.35. The van der Waals surface area contributed by atoms with E-state index in [-0.39, 0.29) is 17.5 Å². The van der Waals surface area contributed by atoms with Crippen molar-refractivity contribution >= 4 is 29.1 Å². The lowest BCUT2D eigenvalue weighted by Crippen LogP contribution is -2.42. The van der Waals surface area contributed by atoms with Crippen molar-refractivity contribution in [1.82, 2.24) is 14.9 Å². The molecule has 2 heterocycles. The van der Waals surface area contributed by atoms with Crippen LogP contribution in [0.15, 0.2) is 24.7 Å². The Morgan fingerprint density at radius 3 is 2.95 bits per heavy atom. The lowest BCUT2D eigenvalue weighted by Gasteiger charge is -2.33. The van der Waals surface area contributed by atoms with Gasteiger partial charge in [-0.2, -0.15) is 0 Å². The van der Waals surface area contributed by atoms with Crippen LogP contribution >= 0.6 is 23.2 Å². The Bertz CT molecular complexity index is 694. The van der Waals surface area contributed by atoms with E-state index in [1.165, 1.54) is 24.7 Å². The first kappa shape index (κ1) is 15.3. The number of aromatic amines is 1. The van der Waals surface area contributed by atoms with Gasteiger partial charge in [-0.25, -0.2) is 9.37 Å². The van der Waals surface area contributed by atoms with Crippen LogP contribution in [0.1, 0.15) is 22.2 Å². The maximum absolute atomic E-state index is 13.7. The normalized spacial score (nSPS) is 18.5. The fourth-order valence-corrected chi connectivity index (χ4v) is 2.85. The Kier molecular flexibility index (Phi) is 4.33. The summed E-state index contributed by atoms with van der Waals surface area (Å²) in [4.78, 5) is 20.5. The molecular weight excluding hydrogens is 332 g/mol. The van der Waals surface area contributed by atoms with Gasteiger partial charge in [0.1, 0.15) is 17.6 Å². The summed E-state index contributed by atoms with van der Waals surface area (Å²) in [6.07, 6.45) is 2.40. The van der Waals surface area contributed by atoms with Gasteiger partial charge in [-0.3, -0.25) is 4.79 Å². The zero-order valence-corrected chi connectivity index (χ0v) is 12.9. The number of ether oxygens (including phenoxy) is 1. The maximum atomic E-state index is 13.7. The van der Waals surface area contributed by atoms with Crippen molar-refractivity contribution in [1.29, 1.82) is 0 Å². The van der Waals surface area contributed by atoms with Crippen molar-refractivity contribution in [2.75, 3.05) is 19.7 Å². The molecule has 22 heavy (non-hydrogen) atoms. The minimum atomic E-state index is -0.568. The molecule has 0 spiro atoms. The third-order valence-electron chi connectivity index (χ3n) is 3.47. The van der Waals surface area contributed by atoms with E-state index in [0.29, 0.717) is 29.4 Å². The van der Waals surface area contributed by atoms with Gasteiger partial charge >= 0.3 is 0 Å². The van der Waals surface area contributed by atoms with Gasteiger partial charge in [-0.1, -0.05) is 23.2 Å². The van der Waals surface area contributed by atoms with Gasteiger partial charge in [0.05, 0.1) is 30.7 Å². The van der Waals surface area contributed by atoms with Crippen LogP contribution in [0, 0.1) is 5.82 Å². The molecule has 1 N–H and O–H groups in total. The minimum Gasteiger partial charge on any atom is -0.370 e. The monoisotopic (exact) mass is 343 g/mol. The Hall–Kier alpha value is -1.63. The highest BCUT2D eigenvalue weighted by atomic mass is 35.5. The number of rotatable bonds is 2. The average Bonchev–Trinajstić information content (AvgIpc) is 3.04. The predicted octanol–water partition coefficient (Wildman–Crippen LogP) is 3.07. The van der Waals surface area contributed by atoms with Gasteiger partial charge in [0.25, 0.3) is 5.91 Å². The summed E-state index contributed by atoms with van der Waals surface area (Å²) < 4.78 is 19.3. The molecule has 1 saturated heterocycles. The topological polar surface area (TPSA) is 58.2 Å². The summed E-state index contributed by atoms with van der Waals surface area (Å²) in [7, 11) is 0. The molecule has 1 amide bonds.